The highest BCUT2D eigenvalue weighted by Crippen LogP contribution is 2.33. The highest BCUT2D eigenvalue weighted by molar-refractivity contribution is 8.09. The Balaban J connectivity index is 2.01. The summed E-state index contributed by atoms with van der Waals surface area (Å²) in [5.41, 5.74) is -0.712. The number of nitrogens with zero attached hydrogens (tertiary/aromatic N) is 1. The number of hydrogen-bond acceptors (Lipinski definition) is 6. The Bertz CT molecular complexity index is 1070. The van der Waals surface area contributed by atoms with Gasteiger partial charge < -0.3 is 9.64 Å². The average molecular weight is 480 g/mol. The maximum Gasteiger partial charge on any atom is 0.410 e. The summed E-state index contributed by atoms with van der Waals surface area (Å²) >= 11 is 0. The van der Waals surface area contributed by atoms with Crippen LogP contribution in [-0.2, 0) is 24.4 Å². The lowest BCUT2D eigenvalue weighted by atomic mass is 10.1. The Morgan fingerprint density at radius 3 is 1.84 bits per heavy atom. The summed E-state index contributed by atoms with van der Waals surface area (Å²) in [6, 6.07) is 14.6. The molecule has 2 aromatic carbocycles. The molecule has 1 fully saturated rings. The first-order chi connectivity index (χ1) is 14.9. The highest BCUT2D eigenvalue weighted by Gasteiger charge is 2.44. The van der Waals surface area contributed by atoms with Crippen molar-refractivity contribution in [1.29, 1.82) is 0 Å². The molecule has 0 radical (unpaired) electrons. The van der Waals surface area contributed by atoms with Crippen molar-refractivity contribution in [2.45, 2.75) is 66.0 Å². The number of hydrogen-bond donors (Lipinski definition) is 0. The second-order valence-corrected chi connectivity index (χ2v) is 13.4. The topological polar surface area (TPSA) is 97.8 Å². The molecule has 1 heterocycles. The smallest absolute Gasteiger partial charge is 0.410 e. The molecule has 1 saturated heterocycles. The molecule has 1 aliphatic heterocycles. The van der Waals surface area contributed by atoms with E-state index in [1.54, 1.807) is 57.2 Å². The maximum absolute atomic E-state index is 13.5. The summed E-state index contributed by atoms with van der Waals surface area (Å²) in [6.45, 7) is 5.64. The summed E-state index contributed by atoms with van der Waals surface area (Å²) in [4.78, 5) is 14.0. The molecule has 1 aliphatic rings. The molecule has 0 saturated carbocycles. The van der Waals surface area contributed by atoms with Gasteiger partial charge in [-0.15, -0.1) is 0 Å². The molecule has 3 rings (SSSR count). The van der Waals surface area contributed by atoms with Crippen LogP contribution >= 0.6 is 0 Å². The molecule has 0 N–H and O–H groups in total. The minimum absolute atomic E-state index is 0.0636. The van der Waals surface area contributed by atoms with Gasteiger partial charge in [-0.2, -0.15) is 0 Å². The third kappa shape index (κ3) is 5.32. The zero-order valence-corrected chi connectivity index (χ0v) is 20.1. The number of benzene rings is 2. The molecular formula is C23H29NO6S2. The molecule has 1 unspecified atom stereocenters. The summed E-state index contributed by atoms with van der Waals surface area (Å²) in [5, 5.41) is 0. The van der Waals surface area contributed by atoms with E-state index in [0.717, 1.165) is 0 Å². The fraction of sp³-hybridized carbons (Fsp3) is 0.435. The maximum atomic E-state index is 13.5. The van der Waals surface area contributed by atoms with E-state index in [1.165, 1.54) is 29.2 Å². The second-order valence-electron chi connectivity index (χ2n) is 8.85. The number of sulfone groups is 2. The molecule has 0 aromatic heterocycles. The number of carbonyl (C=O) groups is 1. The van der Waals surface area contributed by atoms with E-state index < -0.39 is 42.0 Å². The SMILES string of the molecule is CC(C)(C)OC(=O)N1CCCC1CC(S(=O)(=O)c1ccccc1)S(=O)(=O)c1ccccc1. The van der Waals surface area contributed by atoms with Gasteiger partial charge in [-0.1, -0.05) is 36.4 Å². The summed E-state index contributed by atoms with van der Waals surface area (Å²) in [5.74, 6) is 0. The van der Waals surface area contributed by atoms with Gasteiger partial charge in [0.05, 0.1) is 9.79 Å². The average Bonchev–Trinajstić information content (AvgIpc) is 3.20. The van der Waals surface area contributed by atoms with Crippen LogP contribution in [0.25, 0.3) is 0 Å². The summed E-state index contributed by atoms with van der Waals surface area (Å²) in [7, 11) is -8.49. The fourth-order valence-electron chi connectivity index (χ4n) is 3.81. The molecule has 9 heteroatoms. The minimum Gasteiger partial charge on any atom is -0.444 e. The lowest BCUT2D eigenvalue weighted by molar-refractivity contribution is 0.0222. The first kappa shape index (κ1) is 24.3. The van der Waals surface area contributed by atoms with E-state index in [2.05, 4.69) is 0 Å². The van der Waals surface area contributed by atoms with Crippen molar-refractivity contribution < 1.29 is 26.4 Å². The third-order valence-electron chi connectivity index (χ3n) is 5.31. The van der Waals surface area contributed by atoms with Gasteiger partial charge in [0, 0.05) is 12.6 Å². The highest BCUT2D eigenvalue weighted by atomic mass is 32.3. The van der Waals surface area contributed by atoms with E-state index >= 15 is 0 Å². The van der Waals surface area contributed by atoms with Gasteiger partial charge in [-0.3, -0.25) is 0 Å². The summed E-state index contributed by atoms with van der Waals surface area (Å²) in [6.07, 6.45) is 0.360. The largest absolute Gasteiger partial charge is 0.444 e. The molecule has 1 atom stereocenters. The Kier molecular flexibility index (Phi) is 7.00. The van der Waals surface area contributed by atoms with Crippen molar-refractivity contribution in [3.63, 3.8) is 0 Å². The molecule has 0 aliphatic carbocycles. The predicted molar refractivity (Wildman–Crippen MR) is 122 cm³/mol. The van der Waals surface area contributed by atoms with Crippen molar-refractivity contribution in [3.05, 3.63) is 60.7 Å². The lowest BCUT2D eigenvalue weighted by Crippen LogP contribution is -2.43. The molecule has 1 amide bonds. The predicted octanol–water partition coefficient (Wildman–Crippen LogP) is 4.05. The lowest BCUT2D eigenvalue weighted by Gasteiger charge is -2.30. The van der Waals surface area contributed by atoms with E-state index in [1.807, 2.05) is 0 Å². The van der Waals surface area contributed by atoms with Crippen molar-refractivity contribution in [2.75, 3.05) is 6.54 Å². The van der Waals surface area contributed by atoms with Crippen LogP contribution in [0.1, 0.15) is 40.0 Å². The van der Waals surface area contributed by atoms with E-state index in [-0.39, 0.29) is 16.2 Å². The Morgan fingerprint density at radius 1 is 0.938 bits per heavy atom. The van der Waals surface area contributed by atoms with Gasteiger partial charge >= 0.3 is 6.09 Å². The standard InChI is InChI=1S/C23H29NO6S2/c1-23(2,3)30-22(25)24-16-10-11-18(24)17-21(31(26,27)19-12-6-4-7-13-19)32(28,29)20-14-8-5-9-15-20/h4-9,12-15,18,21H,10-11,16-17H2,1-3H3. The van der Waals surface area contributed by atoms with Crippen molar-refractivity contribution >= 4 is 25.8 Å². The third-order valence-corrected chi connectivity index (χ3v) is 10.5. The van der Waals surface area contributed by atoms with E-state index in [9.17, 15) is 21.6 Å². The van der Waals surface area contributed by atoms with Crippen molar-refractivity contribution in [1.82, 2.24) is 4.90 Å². The first-order valence-electron chi connectivity index (χ1n) is 10.5. The minimum atomic E-state index is -4.25. The van der Waals surface area contributed by atoms with Gasteiger partial charge in [0.25, 0.3) is 0 Å². The number of rotatable bonds is 6. The van der Waals surface area contributed by atoms with E-state index in [0.29, 0.717) is 19.4 Å². The molecule has 174 valence electrons. The van der Waals surface area contributed by atoms with Crippen LogP contribution in [-0.4, -0.2) is 50.6 Å². The quantitative estimate of drug-likeness (QED) is 0.620. The number of carbonyl (C=O) groups excluding carboxylic acids is 1. The molecule has 0 spiro atoms. The van der Waals surface area contributed by atoms with Gasteiger partial charge in [0.15, 0.2) is 24.3 Å². The van der Waals surface area contributed by atoms with Crippen LogP contribution < -0.4 is 0 Å². The van der Waals surface area contributed by atoms with Gasteiger partial charge in [0.2, 0.25) is 0 Å². The van der Waals surface area contributed by atoms with Crippen LogP contribution in [0.15, 0.2) is 70.5 Å². The zero-order chi connectivity index (χ0) is 23.6. The number of ether oxygens (including phenoxy) is 1. The zero-order valence-electron chi connectivity index (χ0n) is 18.5. The number of amides is 1. The van der Waals surface area contributed by atoms with Crippen LogP contribution in [0.4, 0.5) is 4.79 Å². The first-order valence-corrected chi connectivity index (χ1v) is 13.6. The molecular weight excluding hydrogens is 450 g/mol. The fourth-order valence-corrected chi connectivity index (χ4v) is 8.44. The van der Waals surface area contributed by atoms with Crippen LogP contribution in [0, 0.1) is 0 Å². The van der Waals surface area contributed by atoms with Crippen LogP contribution in [0.3, 0.4) is 0 Å². The van der Waals surface area contributed by atoms with Gasteiger partial charge in [-0.05, 0) is 64.3 Å². The van der Waals surface area contributed by atoms with Gasteiger partial charge in [0.1, 0.15) is 5.60 Å². The molecule has 0 bridgehead atoms. The Morgan fingerprint density at radius 2 is 1.41 bits per heavy atom. The molecule has 2 aromatic rings. The van der Waals surface area contributed by atoms with Gasteiger partial charge in [-0.25, -0.2) is 21.6 Å². The molecule has 7 nitrogen and oxygen atoms in total. The number of likely N-dealkylation sites (tertiary alicyclic amines) is 1. The summed E-state index contributed by atoms with van der Waals surface area (Å²) < 4.78 is 57.9. The Hall–Kier alpha value is -2.39. The van der Waals surface area contributed by atoms with Crippen LogP contribution in [0.2, 0.25) is 0 Å². The molecule has 32 heavy (non-hydrogen) atoms. The van der Waals surface area contributed by atoms with E-state index in [4.69, 9.17) is 4.74 Å². The van der Waals surface area contributed by atoms with Crippen molar-refractivity contribution in [3.8, 4) is 0 Å². The van der Waals surface area contributed by atoms with Crippen LogP contribution in [0.5, 0.6) is 0 Å². The normalized spacial score (nSPS) is 17.5. The Labute approximate surface area is 190 Å². The monoisotopic (exact) mass is 479 g/mol. The van der Waals surface area contributed by atoms with Crippen molar-refractivity contribution in [2.24, 2.45) is 0 Å². The second kappa shape index (κ2) is 9.23.